The van der Waals surface area contributed by atoms with Crippen molar-refractivity contribution in [2.24, 2.45) is 0 Å². The second-order valence-electron chi connectivity index (χ2n) is 5.16. The van der Waals surface area contributed by atoms with Gasteiger partial charge in [0.15, 0.2) is 0 Å². The van der Waals surface area contributed by atoms with Crippen LogP contribution in [0.1, 0.15) is 5.56 Å². The summed E-state index contributed by atoms with van der Waals surface area (Å²) < 4.78 is 39.7. The predicted octanol–water partition coefficient (Wildman–Crippen LogP) is 4.58. The number of carbonyl (C=O) groups is 1. The average molecular weight is 382 g/mol. The van der Waals surface area contributed by atoms with E-state index in [0.29, 0.717) is 16.4 Å². The molecule has 2 aromatic carbocycles. The number of hydrogen-bond donors (Lipinski definition) is 2. The highest BCUT2D eigenvalue weighted by Gasteiger charge is 2.30. The van der Waals surface area contributed by atoms with Crippen molar-refractivity contribution >= 4 is 29.0 Å². The van der Waals surface area contributed by atoms with Gasteiger partial charge in [-0.2, -0.15) is 18.3 Å². The molecule has 0 aliphatic heterocycles. The molecule has 6 nitrogen and oxygen atoms in total. The van der Waals surface area contributed by atoms with E-state index in [-0.39, 0.29) is 5.69 Å². The number of nitrogens with one attached hydrogen (secondary N) is 2. The second-order valence-corrected chi connectivity index (χ2v) is 5.60. The molecule has 26 heavy (non-hydrogen) atoms. The predicted molar refractivity (Wildman–Crippen MR) is 90.5 cm³/mol. The number of rotatable bonds is 3. The molecule has 1 aromatic heterocycles. The Morgan fingerprint density at radius 1 is 1.12 bits per heavy atom. The maximum Gasteiger partial charge on any atom is 0.416 e. The van der Waals surface area contributed by atoms with Gasteiger partial charge < -0.3 is 10.6 Å². The smallest absolute Gasteiger partial charge is 0.308 e. The first-order valence-electron chi connectivity index (χ1n) is 7.23. The van der Waals surface area contributed by atoms with Gasteiger partial charge in [-0.25, -0.2) is 14.5 Å². The molecule has 0 radical (unpaired) electrons. The van der Waals surface area contributed by atoms with Crippen LogP contribution in [0.4, 0.5) is 29.3 Å². The summed E-state index contributed by atoms with van der Waals surface area (Å²) in [4.78, 5) is 16.0. The fourth-order valence-electron chi connectivity index (χ4n) is 2.20. The molecule has 0 spiro atoms. The highest BCUT2D eigenvalue weighted by Crippen LogP contribution is 2.31. The summed E-state index contributed by atoms with van der Waals surface area (Å²) in [6.07, 6.45) is -1.75. The normalized spacial score (nSPS) is 11.2. The zero-order valence-corrected chi connectivity index (χ0v) is 13.7. The molecule has 0 unspecified atom stereocenters. The third-order valence-electron chi connectivity index (χ3n) is 3.32. The van der Waals surface area contributed by atoms with Gasteiger partial charge >= 0.3 is 12.2 Å². The molecule has 2 amide bonds. The lowest BCUT2D eigenvalue weighted by Crippen LogP contribution is -2.21. The maximum absolute atomic E-state index is 12.7. The summed E-state index contributed by atoms with van der Waals surface area (Å²) in [5.41, 5.74) is -0.0541. The van der Waals surface area contributed by atoms with E-state index in [1.54, 1.807) is 12.1 Å². The summed E-state index contributed by atoms with van der Waals surface area (Å²) in [6.45, 7) is 0. The molecule has 0 atom stereocenters. The zero-order valence-electron chi connectivity index (χ0n) is 13.0. The van der Waals surface area contributed by atoms with Crippen LogP contribution < -0.4 is 10.6 Å². The molecular weight excluding hydrogens is 371 g/mol. The largest absolute Gasteiger partial charge is 0.416 e. The van der Waals surface area contributed by atoms with E-state index in [2.05, 4.69) is 20.7 Å². The number of nitrogens with zero attached hydrogens (tertiary/aromatic N) is 3. The number of urea groups is 1. The third kappa shape index (κ3) is 4.12. The molecule has 0 aliphatic carbocycles. The Labute approximate surface area is 150 Å². The Hall–Kier alpha value is -3.07. The minimum Gasteiger partial charge on any atom is -0.308 e. The summed E-state index contributed by atoms with van der Waals surface area (Å²) in [5.74, 6) is 0. The summed E-state index contributed by atoms with van der Waals surface area (Å²) in [5, 5.41) is 9.24. The van der Waals surface area contributed by atoms with Crippen LogP contribution in [0.15, 0.2) is 55.1 Å². The Kier molecular flexibility index (Phi) is 4.81. The number of alkyl halides is 3. The quantitative estimate of drug-likeness (QED) is 0.697. The van der Waals surface area contributed by atoms with Crippen LogP contribution in [0.5, 0.6) is 0 Å². The van der Waals surface area contributed by atoms with Crippen molar-refractivity contribution in [1.29, 1.82) is 0 Å². The van der Waals surface area contributed by atoms with Crippen molar-refractivity contribution in [2.45, 2.75) is 6.18 Å². The third-order valence-corrected chi connectivity index (χ3v) is 3.56. The van der Waals surface area contributed by atoms with Crippen LogP contribution in [0, 0.1) is 0 Å². The van der Waals surface area contributed by atoms with E-state index in [0.717, 1.165) is 12.1 Å². The van der Waals surface area contributed by atoms with E-state index in [4.69, 9.17) is 11.6 Å². The Morgan fingerprint density at radius 2 is 1.92 bits per heavy atom. The highest BCUT2D eigenvalue weighted by molar-refractivity contribution is 6.31. The summed E-state index contributed by atoms with van der Waals surface area (Å²) >= 11 is 5.95. The molecule has 0 fully saturated rings. The van der Waals surface area contributed by atoms with Crippen molar-refractivity contribution in [3.8, 4) is 5.69 Å². The van der Waals surface area contributed by atoms with E-state index in [9.17, 15) is 18.0 Å². The fourth-order valence-corrected chi connectivity index (χ4v) is 2.37. The van der Waals surface area contributed by atoms with Crippen molar-refractivity contribution in [2.75, 3.05) is 10.6 Å². The molecule has 0 bridgehead atoms. The van der Waals surface area contributed by atoms with Crippen LogP contribution in [0.2, 0.25) is 5.02 Å². The highest BCUT2D eigenvalue weighted by atomic mass is 35.5. The topological polar surface area (TPSA) is 71.8 Å². The van der Waals surface area contributed by atoms with E-state index >= 15 is 0 Å². The van der Waals surface area contributed by atoms with Gasteiger partial charge in [0.05, 0.1) is 16.9 Å². The molecular formula is C16H11ClF3N5O. The molecule has 0 saturated carbocycles. The number of halogens is 4. The standard InChI is InChI=1S/C16H11ClF3N5O/c17-11-4-5-14(25-9-21-8-22-25)13(7-11)24-15(26)23-12-3-1-2-10(6-12)16(18,19)20/h1-9H,(H2,23,24,26). The van der Waals surface area contributed by atoms with Crippen molar-refractivity contribution in [1.82, 2.24) is 14.8 Å². The van der Waals surface area contributed by atoms with Gasteiger partial charge in [-0.1, -0.05) is 17.7 Å². The minimum atomic E-state index is -4.50. The van der Waals surface area contributed by atoms with Gasteiger partial charge in [0.2, 0.25) is 0 Å². The lowest BCUT2D eigenvalue weighted by Gasteiger charge is -2.13. The Bertz CT molecular complexity index is 928. The molecule has 1 heterocycles. The van der Waals surface area contributed by atoms with Crippen LogP contribution in [0.25, 0.3) is 5.69 Å². The monoisotopic (exact) mass is 381 g/mol. The van der Waals surface area contributed by atoms with Crippen LogP contribution in [0.3, 0.4) is 0 Å². The maximum atomic E-state index is 12.7. The Balaban J connectivity index is 1.80. The molecule has 0 aliphatic rings. The minimum absolute atomic E-state index is 0.00154. The Morgan fingerprint density at radius 3 is 2.62 bits per heavy atom. The molecule has 134 valence electrons. The number of benzene rings is 2. The van der Waals surface area contributed by atoms with Gasteiger partial charge in [0.1, 0.15) is 12.7 Å². The number of hydrogen-bond acceptors (Lipinski definition) is 3. The molecule has 0 saturated heterocycles. The first-order chi connectivity index (χ1) is 12.3. The zero-order chi connectivity index (χ0) is 18.7. The first kappa shape index (κ1) is 17.7. The van der Waals surface area contributed by atoms with Gasteiger partial charge in [-0.05, 0) is 36.4 Å². The SMILES string of the molecule is O=C(Nc1cccc(C(F)(F)F)c1)Nc1cc(Cl)ccc1-n1cncn1. The van der Waals surface area contributed by atoms with Crippen molar-refractivity contribution < 1.29 is 18.0 Å². The average Bonchev–Trinajstić information content (AvgIpc) is 3.08. The molecule has 3 rings (SSSR count). The van der Waals surface area contributed by atoms with Crippen LogP contribution >= 0.6 is 11.6 Å². The number of amides is 2. The first-order valence-corrected chi connectivity index (χ1v) is 7.60. The van der Waals surface area contributed by atoms with Gasteiger partial charge in [-0.15, -0.1) is 0 Å². The molecule has 2 N–H and O–H groups in total. The van der Waals surface area contributed by atoms with Crippen LogP contribution in [-0.4, -0.2) is 20.8 Å². The van der Waals surface area contributed by atoms with Crippen molar-refractivity contribution in [3.63, 3.8) is 0 Å². The lowest BCUT2D eigenvalue weighted by atomic mass is 10.2. The van der Waals surface area contributed by atoms with Crippen molar-refractivity contribution in [3.05, 3.63) is 65.7 Å². The fraction of sp³-hybridized carbons (Fsp3) is 0.0625. The number of anilines is 2. The second kappa shape index (κ2) is 7.04. The van der Waals surface area contributed by atoms with E-state index in [1.165, 1.54) is 35.5 Å². The summed E-state index contributed by atoms with van der Waals surface area (Å²) in [6, 6.07) is 8.31. The number of aromatic nitrogens is 3. The van der Waals surface area contributed by atoms with E-state index < -0.39 is 17.8 Å². The van der Waals surface area contributed by atoms with Crippen LogP contribution in [-0.2, 0) is 6.18 Å². The van der Waals surface area contributed by atoms with Gasteiger partial charge in [0.25, 0.3) is 0 Å². The van der Waals surface area contributed by atoms with E-state index in [1.807, 2.05) is 0 Å². The number of carbonyl (C=O) groups excluding carboxylic acids is 1. The van der Waals surface area contributed by atoms with Gasteiger partial charge in [0, 0.05) is 10.7 Å². The lowest BCUT2D eigenvalue weighted by molar-refractivity contribution is -0.137. The molecule has 3 aromatic rings. The molecule has 10 heteroatoms. The van der Waals surface area contributed by atoms with Gasteiger partial charge in [-0.3, -0.25) is 0 Å². The summed E-state index contributed by atoms with van der Waals surface area (Å²) in [7, 11) is 0.